The number of anilines is 1. The van der Waals surface area contributed by atoms with Gasteiger partial charge in [0, 0.05) is 27.4 Å². The van der Waals surface area contributed by atoms with Gasteiger partial charge in [0.2, 0.25) is 5.91 Å². The topological polar surface area (TPSA) is 29.1 Å². The molecular formula is C16H13Cl2NO. The maximum atomic E-state index is 11.8. The van der Waals surface area contributed by atoms with Crippen molar-refractivity contribution in [3.8, 4) is 0 Å². The Bertz CT molecular complexity index is 645. The summed E-state index contributed by atoms with van der Waals surface area (Å²) in [5.74, 6) is -0.230. The fourth-order valence-corrected chi connectivity index (χ4v) is 2.26. The molecule has 0 atom stereocenters. The van der Waals surface area contributed by atoms with E-state index >= 15 is 0 Å². The molecule has 1 N–H and O–H groups in total. The summed E-state index contributed by atoms with van der Waals surface area (Å²) < 4.78 is 0. The molecule has 0 fully saturated rings. The van der Waals surface area contributed by atoms with Crippen LogP contribution in [0.25, 0.3) is 6.08 Å². The smallest absolute Gasteiger partial charge is 0.248 e. The number of hydrogen-bond acceptors (Lipinski definition) is 1. The molecule has 2 aromatic carbocycles. The van der Waals surface area contributed by atoms with E-state index in [9.17, 15) is 4.79 Å². The van der Waals surface area contributed by atoms with Crippen molar-refractivity contribution in [2.75, 3.05) is 5.32 Å². The molecule has 1 amide bonds. The van der Waals surface area contributed by atoms with Gasteiger partial charge in [-0.3, -0.25) is 4.79 Å². The van der Waals surface area contributed by atoms with Crippen molar-refractivity contribution in [1.29, 1.82) is 0 Å². The van der Waals surface area contributed by atoms with E-state index in [0.717, 1.165) is 11.3 Å². The third-order valence-electron chi connectivity index (χ3n) is 2.69. The molecule has 0 heterocycles. The third-order valence-corrected chi connectivity index (χ3v) is 3.35. The number of nitrogens with one attached hydrogen (secondary N) is 1. The number of rotatable bonds is 3. The van der Waals surface area contributed by atoms with E-state index in [2.05, 4.69) is 5.32 Å². The monoisotopic (exact) mass is 305 g/mol. The van der Waals surface area contributed by atoms with Gasteiger partial charge < -0.3 is 5.32 Å². The van der Waals surface area contributed by atoms with Crippen LogP contribution in [-0.4, -0.2) is 5.91 Å². The number of carbonyl (C=O) groups excluding carboxylic acids is 1. The van der Waals surface area contributed by atoms with Crippen LogP contribution in [-0.2, 0) is 4.79 Å². The van der Waals surface area contributed by atoms with Crippen molar-refractivity contribution >= 4 is 40.9 Å². The first-order valence-corrected chi connectivity index (χ1v) is 6.81. The fraction of sp³-hybridized carbons (Fsp3) is 0.0625. The summed E-state index contributed by atoms with van der Waals surface area (Å²) in [5.41, 5.74) is 2.47. The summed E-state index contributed by atoms with van der Waals surface area (Å²) in [6.07, 6.45) is 3.02. The van der Waals surface area contributed by atoms with Crippen LogP contribution in [0, 0.1) is 6.92 Å². The van der Waals surface area contributed by atoms with Crippen molar-refractivity contribution in [3.63, 3.8) is 0 Å². The minimum Gasteiger partial charge on any atom is -0.323 e. The van der Waals surface area contributed by atoms with Gasteiger partial charge in [-0.05, 0) is 42.8 Å². The maximum Gasteiger partial charge on any atom is 0.248 e. The number of benzene rings is 2. The highest BCUT2D eigenvalue weighted by Crippen LogP contribution is 2.25. The Hall–Kier alpha value is -1.77. The number of carbonyl (C=O) groups is 1. The van der Waals surface area contributed by atoms with Gasteiger partial charge in [-0.25, -0.2) is 0 Å². The van der Waals surface area contributed by atoms with Gasteiger partial charge in [-0.2, -0.15) is 0 Å². The SMILES string of the molecule is Cc1cccc(NC(=O)/C=C/c2c(Cl)cccc2Cl)c1. The molecule has 2 aromatic rings. The predicted molar refractivity (Wildman–Crippen MR) is 85.3 cm³/mol. The summed E-state index contributed by atoms with van der Waals surface area (Å²) in [6, 6.07) is 12.8. The predicted octanol–water partition coefficient (Wildman–Crippen LogP) is 4.95. The van der Waals surface area contributed by atoms with Crippen LogP contribution in [0.1, 0.15) is 11.1 Å². The first-order valence-electron chi connectivity index (χ1n) is 6.06. The largest absolute Gasteiger partial charge is 0.323 e. The van der Waals surface area contributed by atoms with Crippen LogP contribution >= 0.6 is 23.2 Å². The van der Waals surface area contributed by atoms with Gasteiger partial charge in [0.15, 0.2) is 0 Å². The minimum absolute atomic E-state index is 0.230. The van der Waals surface area contributed by atoms with E-state index in [1.807, 2.05) is 31.2 Å². The first-order chi connectivity index (χ1) is 9.56. The summed E-state index contributed by atoms with van der Waals surface area (Å²) >= 11 is 12.1. The Balaban J connectivity index is 2.10. The standard InChI is InChI=1S/C16H13Cl2NO/c1-11-4-2-5-12(10-11)19-16(20)9-8-13-14(17)6-3-7-15(13)18/h2-10H,1H3,(H,19,20)/b9-8+. The van der Waals surface area contributed by atoms with E-state index in [-0.39, 0.29) is 5.91 Å². The van der Waals surface area contributed by atoms with Crippen LogP contribution < -0.4 is 5.32 Å². The molecule has 0 unspecified atom stereocenters. The lowest BCUT2D eigenvalue weighted by Crippen LogP contribution is -2.07. The quantitative estimate of drug-likeness (QED) is 0.798. The second-order valence-corrected chi connectivity index (χ2v) is 5.14. The molecule has 0 spiro atoms. The maximum absolute atomic E-state index is 11.8. The molecule has 20 heavy (non-hydrogen) atoms. The van der Waals surface area contributed by atoms with Gasteiger partial charge in [0.25, 0.3) is 0 Å². The lowest BCUT2D eigenvalue weighted by molar-refractivity contribution is -0.111. The highest BCUT2D eigenvalue weighted by atomic mass is 35.5. The molecule has 0 saturated heterocycles. The summed E-state index contributed by atoms with van der Waals surface area (Å²) in [6.45, 7) is 1.97. The lowest BCUT2D eigenvalue weighted by Gasteiger charge is -2.03. The summed E-state index contributed by atoms with van der Waals surface area (Å²) in [5, 5.41) is 3.80. The molecule has 0 radical (unpaired) electrons. The van der Waals surface area contributed by atoms with Crippen molar-refractivity contribution in [1.82, 2.24) is 0 Å². The van der Waals surface area contributed by atoms with Crippen LogP contribution in [0.15, 0.2) is 48.5 Å². The summed E-state index contributed by atoms with van der Waals surface area (Å²) in [7, 11) is 0. The van der Waals surface area contributed by atoms with Gasteiger partial charge in [0.1, 0.15) is 0 Å². The average molecular weight is 306 g/mol. The molecule has 0 aromatic heterocycles. The molecular weight excluding hydrogens is 293 g/mol. The Kier molecular flexibility index (Phi) is 4.83. The molecule has 4 heteroatoms. The van der Waals surface area contributed by atoms with Gasteiger partial charge in [-0.15, -0.1) is 0 Å². The van der Waals surface area contributed by atoms with Crippen LogP contribution in [0.5, 0.6) is 0 Å². The molecule has 2 rings (SSSR count). The second-order valence-electron chi connectivity index (χ2n) is 4.33. The molecule has 0 saturated carbocycles. The van der Waals surface area contributed by atoms with Gasteiger partial charge in [0.05, 0.1) is 0 Å². The average Bonchev–Trinajstić information content (AvgIpc) is 2.38. The Morgan fingerprint density at radius 3 is 2.40 bits per heavy atom. The second kappa shape index (κ2) is 6.60. The zero-order valence-electron chi connectivity index (χ0n) is 10.9. The fourth-order valence-electron chi connectivity index (χ4n) is 1.74. The van der Waals surface area contributed by atoms with Gasteiger partial charge in [-0.1, -0.05) is 41.4 Å². The number of amides is 1. The highest BCUT2D eigenvalue weighted by Gasteiger charge is 2.03. The normalized spacial score (nSPS) is 10.8. The van der Waals surface area contributed by atoms with Crippen LogP contribution in [0.3, 0.4) is 0 Å². The van der Waals surface area contributed by atoms with Crippen LogP contribution in [0.4, 0.5) is 5.69 Å². The van der Waals surface area contributed by atoms with Crippen molar-refractivity contribution in [3.05, 3.63) is 69.7 Å². The zero-order chi connectivity index (χ0) is 14.5. The third kappa shape index (κ3) is 3.86. The Labute approximate surface area is 128 Å². The van der Waals surface area contributed by atoms with Crippen molar-refractivity contribution in [2.45, 2.75) is 6.92 Å². The molecule has 102 valence electrons. The summed E-state index contributed by atoms with van der Waals surface area (Å²) in [4.78, 5) is 11.8. The Morgan fingerprint density at radius 1 is 1.10 bits per heavy atom. The highest BCUT2D eigenvalue weighted by molar-refractivity contribution is 6.37. The number of hydrogen-bond donors (Lipinski definition) is 1. The molecule has 0 bridgehead atoms. The van der Waals surface area contributed by atoms with E-state index in [1.54, 1.807) is 24.3 Å². The first kappa shape index (κ1) is 14.6. The van der Waals surface area contributed by atoms with E-state index < -0.39 is 0 Å². The van der Waals surface area contributed by atoms with Crippen molar-refractivity contribution < 1.29 is 4.79 Å². The Morgan fingerprint density at radius 2 is 1.75 bits per heavy atom. The number of aryl methyl sites for hydroxylation is 1. The van der Waals surface area contributed by atoms with E-state index in [4.69, 9.17) is 23.2 Å². The molecule has 0 aliphatic carbocycles. The van der Waals surface area contributed by atoms with E-state index in [0.29, 0.717) is 15.6 Å². The minimum atomic E-state index is -0.230. The van der Waals surface area contributed by atoms with E-state index in [1.165, 1.54) is 6.08 Å². The molecule has 0 aliphatic heterocycles. The lowest BCUT2D eigenvalue weighted by atomic mass is 10.2. The van der Waals surface area contributed by atoms with Crippen molar-refractivity contribution in [2.24, 2.45) is 0 Å². The molecule has 0 aliphatic rings. The number of halogens is 2. The zero-order valence-corrected chi connectivity index (χ0v) is 12.4. The van der Waals surface area contributed by atoms with Gasteiger partial charge >= 0.3 is 0 Å². The molecule has 2 nitrogen and oxygen atoms in total. The van der Waals surface area contributed by atoms with Crippen LogP contribution in [0.2, 0.25) is 10.0 Å².